The molecule has 0 radical (unpaired) electrons. The van der Waals surface area contributed by atoms with Crippen LogP contribution in [0.1, 0.15) is 28.8 Å². The fourth-order valence-corrected chi connectivity index (χ4v) is 4.64. The number of thiazole rings is 1. The number of aromatic nitrogens is 1. The summed E-state index contributed by atoms with van der Waals surface area (Å²) in [6.07, 6.45) is 7.66. The number of fused-ring (bicyclic) bond motifs is 1. The number of nitrogens with one attached hydrogen (secondary N) is 1. The summed E-state index contributed by atoms with van der Waals surface area (Å²) in [6.45, 7) is 0. The lowest BCUT2D eigenvalue weighted by Gasteiger charge is -2.16. The van der Waals surface area contributed by atoms with Crippen molar-refractivity contribution in [1.82, 2.24) is 4.98 Å². The quantitative estimate of drug-likeness (QED) is 0.350. The summed E-state index contributed by atoms with van der Waals surface area (Å²) in [5.74, 6) is -0.317. The highest BCUT2D eigenvalue weighted by atomic mass is 32.1. The fourth-order valence-electron chi connectivity index (χ4n) is 3.19. The average molecular weight is 412 g/mol. The van der Waals surface area contributed by atoms with Gasteiger partial charge in [0, 0.05) is 28.0 Å². The van der Waals surface area contributed by atoms with Crippen molar-refractivity contribution in [2.75, 3.05) is 5.32 Å². The van der Waals surface area contributed by atoms with Crippen LogP contribution in [0.3, 0.4) is 0 Å². The number of rotatable bonds is 5. The van der Waals surface area contributed by atoms with Crippen molar-refractivity contribution >= 4 is 44.8 Å². The zero-order chi connectivity index (χ0) is 19.5. The third kappa shape index (κ3) is 4.18. The monoisotopic (exact) mass is 411 g/mol. The molecule has 0 spiro atoms. The van der Waals surface area contributed by atoms with Crippen molar-refractivity contribution in [3.8, 4) is 11.3 Å². The molecule has 3 aromatic rings. The lowest BCUT2D eigenvalue weighted by atomic mass is 9.90. The molecule has 0 fully saturated rings. The molecule has 4 rings (SSSR count). The van der Waals surface area contributed by atoms with Crippen LogP contribution in [0, 0.1) is 10.1 Å². The van der Waals surface area contributed by atoms with E-state index in [1.165, 1.54) is 47.4 Å². The predicted molar refractivity (Wildman–Crippen MR) is 113 cm³/mol. The minimum atomic E-state index is -0.445. The molecular formula is C20H17N3O3S2. The van der Waals surface area contributed by atoms with Crippen LogP contribution in [0.15, 0.2) is 41.8 Å². The Balaban J connectivity index is 1.42. The number of aryl methyl sites for hydroxylation is 2. The molecule has 1 aliphatic carbocycles. The van der Waals surface area contributed by atoms with Gasteiger partial charge in [-0.3, -0.25) is 20.2 Å². The topological polar surface area (TPSA) is 85.1 Å². The molecule has 0 aliphatic heterocycles. The molecule has 8 heteroatoms. The van der Waals surface area contributed by atoms with Gasteiger partial charge in [-0.15, -0.1) is 11.3 Å². The maximum atomic E-state index is 12.1. The van der Waals surface area contributed by atoms with E-state index in [0.29, 0.717) is 10.0 Å². The van der Waals surface area contributed by atoms with E-state index in [1.807, 2.05) is 5.38 Å². The van der Waals surface area contributed by atoms with Crippen molar-refractivity contribution in [3.63, 3.8) is 0 Å². The third-order valence-corrected chi connectivity index (χ3v) is 6.33. The van der Waals surface area contributed by atoms with Crippen LogP contribution in [-0.4, -0.2) is 15.8 Å². The predicted octanol–water partition coefficient (Wildman–Crippen LogP) is 5.31. The standard InChI is InChI=1S/C20H17N3O3S2/c24-18(9-7-16-8-10-19(28-16)23(25)26)22-20-21-17(12-27-20)15-6-5-13-3-1-2-4-14(13)11-15/h5-12H,1-4H2,(H,21,22,24). The Labute approximate surface area is 169 Å². The van der Waals surface area contributed by atoms with Gasteiger partial charge in [0.2, 0.25) is 5.91 Å². The second-order valence-electron chi connectivity index (χ2n) is 6.48. The Kier molecular flexibility index (Phi) is 5.31. The summed E-state index contributed by atoms with van der Waals surface area (Å²) >= 11 is 2.40. The lowest BCUT2D eigenvalue weighted by molar-refractivity contribution is -0.380. The first-order valence-corrected chi connectivity index (χ1v) is 10.6. The molecule has 1 aromatic carbocycles. The second-order valence-corrected chi connectivity index (χ2v) is 8.44. The van der Waals surface area contributed by atoms with Gasteiger partial charge in [-0.05, 0) is 55.0 Å². The molecule has 2 heterocycles. The highest BCUT2D eigenvalue weighted by Crippen LogP contribution is 2.30. The molecule has 1 aliphatic rings. The smallest absolute Gasteiger partial charge is 0.298 e. The van der Waals surface area contributed by atoms with Crippen LogP contribution in [0.5, 0.6) is 0 Å². The van der Waals surface area contributed by atoms with Gasteiger partial charge in [-0.2, -0.15) is 0 Å². The normalized spacial score (nSPS) is 13.4. The van der Waals surface area contributed by atoms with E-state index in [1.54, 1.807) is 12.1 Å². The molecule has 0 bridgehead atoms. The van der Waals surface area contributed by atoms with E-state index in [2.05, 4.69) is 28.5 Å². The molecule has 6 nitrogen and oxygen atoms in total. The number of anilines is 1. The number of carbonyl (C=O) groups excluding carboxylic acids is 1. The summed E-state index contributed by atoms with van der Waals surface area (Å²) in [4.78, 5) is 27.5. The zero-order valence-corrected chi connectivity index (χ0v) is 16.5. The molecular weight excluding hydrogens is 394 g/mol. The van der Waals surface area contributed by atoms with Gasteiger partial charge < -0.3 is 0 Å². The molecule has 142 valence electrons. The molecule has 28 heavy (non-hydrogen) atoms. The first-order chi connectivity index (χ1) is 13.6. The van der Waals surface area contributed by atoms with Crippen LogP contribution in [0.4, 0.5) is 10.1 Å². The molecule has 1 amide bonds. The minimum absolute atomic E-state index is 0.0506. The average Bonchev–Trinajstić information content (AvgIpc) is 3.36. The van der Waals surface area contributed by atoms with Crippen molar-refractivity contribution in [1.29, 1.82) is 0 Å². The van der Waals surface area contributed by atoms with Crippen molar-refractivity contribution in [2.24, 2.45) is 0 Å². The van der Waals surface area contributed by atoms with Gasteiger partial charge in [-0.25, -0.2) is 4.98 Å². The number of carbonyl (C=O) groups is 1. The summed E-state index contributed by atoms with van der Waals surface area (Å²) in [6, 6.07) is 9.52. The van der Waals surface area contributed by atoms with Gasteiger partial charge in [0.1, 0.15) is 0 Å². The molecule has 0 saturated heterocycles. The van der Waals surface area contributed by atoms with E-state index in [4.69, 9.17) is 0 Å². The van der Waals surface area contributed by atoms with Gasteiger partial charge in [0.15, 0.2) is 5.13 Å². The summed E-state index contributed by atoms with van der Waals surface area (Å²) in [5.41, 5.74) is 4.75. The van der Waals surface area contributed by atoms with Crippen molar-refractivity contribution in [2.45, 2.75) is 25.7 Å². The number of hydrogen-bond acceptors (Lipinski definition) is 6. The molecule has 0 unspecified atom stereocenters. The Bertz CT molecular complexity index is 1070. The maximum absolute atomic E-state index is 12.1. The van der Waals surface area contributed by atoms with Crippen LogP contribution >= 0.6 is 22.7 Å². The van der Waals surface area contributed by atoms with Crippen molar-refractivity contribution in [3.05, 3.63) is 67.9 Å². The van der Waals surface area contributed by atoms with E-state index >= 15 is 0 Å². The number of benzene rings is 1. The first-order valence-electron chi connectivity index (χ1n) is 8.89. The van der Waals surface area contributed by atoms with E-state index in [0.717, 1.165) is 35.4 Å². The number of thiophene rings is 1. The third-order valence-electron chi connectivity index (χ3n) is 4.57. The fraction of sp³-hybridized carbons (Fsp3) is 0.200. The van der Waals surface area contributed by atoms with E-state index in [9.17, 15) is 14.9 Å². The highest BCUT2D eigenvalue weighted by Gasteiger charge is 2.12. The van der Waals surface area contributed by atoms with Crippen LogP contribution in [0.2, 0.25) is 0 Å². The Morgan fingerprint density at radius 3 is 2.79 bits per heavy atom. The Hall–Kier alpha value is -2.84. The number of nitro groups is 1. The van der Waals surface area contributed by atoms with Gasteiger partial charge in [0.25, 0.3) is 0 Å². The number of nitrogens with zero attached hydrogens (tertiary/aromatic N) is 2. The highest BCUT2D eigenvalue weighted by molar-refractivity contribution is 7.16. The van der Waals surface area contributed by atoms with Gasteiger partial charge in [-0.1, -0.05) is 23.5 Å². The van der Waals surface area contributed by atoms with Crippen LogP contribution < -0.4 is 5.32 Å². The molecule has 1 N–H and O–H groups in total. The summed E-state index contributed by atoms with van der Waals surface area (Å²) < 4.78 is 0. The minimum Gasteiger partial charge on any atom is -0.298 e. The molecule has 0 atom stereocenters. The molecule has 0 saturated carbocycles. The van der Waals surface area contributed by atoms with Crippen LogP contribution in [0.25, 0.3) is 17.3 Å². The SMILES string of the molecule is O=C(C=Cc1ccc([N+](=O)[O-])s1)Nc1nc(-c2ccc3c(c2)CCCC3)cs1. The maximum Gasteiger partial charge on any atom is 0.324 e. The van der Waals surface area contributed by atoms with E-state index in [-0.39, 0.29) is 10.9 Å². The van der Waals surface area contributed by atoms with Crippen LogP contribution in [-0.2, 0) is 17.6 Å². The lowest BCUT2D eigenvalue weighted by Crippen LogP contribution is -2.07. The number of hydrogen-bond donors (Lipinski definition) is 1. The molecule has 2 aromatic heterocycles. The Morgan fingerprint density at radius 2 is 2.00 bits per heavy atom. The van der Waals surface area contributed by atoms with Gasteiger partial charge >= 0.3 is 5.00 Å². The number of amides is 1. The van der Waals surface area contributed by atoms with Gasteiger partial charge in [0.05, 0.1) is 10.6 Å². The first kappa shape index (κ1) is 18.5. The van der Waals surface area contributed by atoms with E-state index < -0.39 is 4.92 Å². The largest absolute Gasteiger partial charge is 0.324 e. The summed E-state index contributed by atoms with van der Waals surface area (Å²) in [5, 5.41) is 16.0. The summed E-state index contributed by atoms with van der Waals surface area (Å²) in [7, 11) is 0. The second kappa shape index (κ2) is 8.04. The van der Waals surface area contributed by atoms with Crippen molar-refractivity contribution < 1.29 is 9.72 Å². The zero-order valence-electron chi connectivity index (χ0n) is 14.9. The Morgan fingerprint density at radius 1 is 1.18 bits per heavy atom.